The molecule has 0 spiro atoms. The zero-order valence-electron chi connectivity index (χ0n) is 14.1. The fourth-order valence-corrected chi connectivity index (χ4v) is 3.99. The van der Waals surface area contributed by atoms with Gasteiger partial charge in [-0.05, 0) is 38.3 Å². The standard InChI is InChI=1S/C18H30N4O/c23-18(20-16-7-3-1-2-4-8-16)10-14-21-12-5-9-17(21)15-22-13-6-11-19-22/h6,11,13,16-17H,1-5,7-10,12,14-15H2,(H,20,23)/t17-/m0/s1. The van der Waals surface area contributed by atoms with Crippen LogP contribution in [0.25, 0.3) is 0 Å². The molecule has 1 aromatic heterocycles. The lowest BCUT2D eigenvalue weighted by molar-refractivity contribution is -0.122. The Balaban J connectivity index is 1.40. The topological polar surface area (TPSA) is 50.2 Å². The maximum absolute atomic E-state index is 12.2. The van der Waals surface area contributed by atoms with Gasteiger partial charge in [-0.1, -0.05) is 25.7 Å². The summed E-state index contributed by atoms with van der Waals surface area (Å²) in [5, 5.41) is 7.57. The number of likely N-dealkylation sites (tertiary alicyclic amines) is 1. The van der Waals surface area contributed by atoms with Gasteiger partial charge in [0.1, 0.15) is 0 Å². The summed E-state index contributed by atoms with van der Waals surface area (Å²) in [7, 11) is 0. The van der Waals surface area contributed by atoms with Crippen LogP contribution in [0.1, 0.15) is 57.8 Å². The maximum Gasteiger partial charge on any atom is 0.221 e. The van der Waals surface area contributed by atoms with Crippen molar-refractivity contribution >= 4 is 5.91 Å². The van der Waals surface area contributed by atoms with Gasteiger partial charge < -0.3 is 5.32 Å². The Morgan fingerprint density at radius 1 is 1.13 bits per heavy atom. The zero-order chi connectivity index (χ0) is 15.9. The molecular weight excluding hydrogens is 288 g/mol. The Hall–Kier alpha value is -1.36. The van der Waals surface area contributed by atoms with Gasteiger partial charge in [0.15, 0.2) is 0 Å². The van der Waals surface area contributed by atoms with Crippen LogP contribution in [0.2, 0.25) is 0 Å². The van der Waals surface area contributed by atoms with Crippen molar-refractivity contribution in [3.63, 3.8) is 0 Å². The summed E-state index contributed by atoms with van der Waals surface area (Å²) < 4.78 is 2.01. The molecule has 2 fully saturated rings. The Morgan fingerprint density at radius 2 is 1.96 bits per heavy atom. The molecule has 1 aromatic rings. The number of aromatic nitrogens is 2. The summed E-state index contributed by atoms with van der Waals surface area (Å²) in [5.41, 5.74) is 0. The summed E-state index contributed by atoms with van der Waals surface area (Å²) >= 11 is 0. The molecule has 2 aliphatic rings. The molecule has 1 saturated carbocycles. The predicted molar refractivity (Wildman–Crippen MR) is 91.1 cm³/mol. The number of hydrogen-bond acceptors (Lipinski definition) is 3. The van der Waals surface area contributed by atoms with E-state index in [4.69, 9.17) is 0 Å². The summed E-state index contributed by atoms with van der Waals surface area (Å²) in [6.07, 6.45) is 14.5. The average Bonchev–Trinajstić information content (AvgIpc) is 3.14. The number of amides is 1. The Bertz CT molecular complexity index is 465. The Labute approximate surface area is 139 Å². The van der Waals surface area contributed by atoms with E-state index < -0.39 is 0 Å². The van der Waals surface area contributed by atoms with Gasteiger partial charge in [0.25, 0.3) is 0 Å². The van der Waals surface area contributed by atoms with Crippen molar-refractivity contribution in [3.05, 3.63) is 18.5 Å². The lowest BCUT2D eigenvalue weighted by atomic mass is 10.1. The van der Waals surface area contributed by atoms with Crippen LogP contribution >= 0.6 is 0 Å². The minimum atomic E-state index is 0.238. The molecular formula is C18H30N4O. The molecule has 1 atom stereocenters. The van der Waals surface area contributed by atoms with Gasteiger partial charge in [-0.3, -0.25) is 14.4 Å². The summed E-state index contributed by atoms with van der Waals surface area (Å²) in [6.45, 7) is 2.93. The third kappa shape index (κ3) is 5.06. The van der Waals surface area contributed by atoms with Crippen molar-refractivity contribution in [2.45, 2.75) is 76.4 Å². The van der Waals surface area contributed by atoms with Crippen LogP contribution in [-0.4, -0.2) is 45.8 Å². The third-order valence-electron chi connectivity index (χ3n) is 5.30. The average molecular weight is 318 g/mol. The number of carbonyl (C=O) groups is 1. The van der Waals surface area contributed by atoms with E-state index in [9.17, 15) is 4.79 Å². The lowest BCUT2D eigenvalue weighted by Crippen LogP contribution is -2.39. The molecule has 5 heteroatoms. The molecule has 23 heavy (non-hydrogen) atoms. The first-order valence-electron chi connectivity index (χ1n) is 9.32. The van der Waals surface area contributed by atoms with Crippen LogP contribution in [0.15, 0.2) is 18.5 Å². The van der Waals surface area contributed by atoms with Gasteiger partial charge in [-0.25, -0.2) is 0 Å². The molecule has 0 radical (unpaired) electrons. The molecule has 3 rings (SSSR count). The van der Waals surface area contributed by atoms with Crippen molar-refractivity contribution in [1.29, 1.82) is 0 Å². The SMILES string of the molecule is O=C(CCN1CCC[C@H]1Cn1cccn1)NC1CCCCCC1. The van der Waals surface area contributed by atoms with E-state index >= 15 is 0 Å². The summed E-state index contributed by atoms with van der Waals surface area (Å²) in [6, 6.07) is 2.92. The monoisotopic (exact) mass is 318 g/mol. The fourth-order valence-electron chi connectivity index (χ4n) is 3.99. The van der Waals surface area contributed by atoms with Crippen molar-refractivity contribution in [3.8, 4) is 0 Å². The van der Waals surface area contributed by atoms with Crippen LogP contribution in [-0.2, 0) is 11.3 Å². The molecule has 1 amide bonds. The van der Waals surface area contributed by atoms with Gasteiger partial charge in [0.2, 0.25) is 5.91 Å². The van der Waals surface area contributed by atoms with E-state index in [0.29, 0.717) is 18.5 Å². The minimum absolute atomic E-state index is 0.238. The molecule has 1 aliphatic carbocycles. The number of carbonyl (C=O) groups excluding carboxylic acids is 1. The van der Waals surface area contributed by atoms with Crippen LogP contribution in [0.4, 0.5) is 0 Å². The number of nitrogens with zero attached hydrogens (tertiary/aromatic N) is 3. The normalized spacial score (nSPS) is 23.7. The lowest BCUT2D eigenvalue weighted by Gasteiger charge is -2.24. The Kier molecular flexibility index (Phi) is 6.08. The number of rotatable bonds is 6. The van der Waals surface area contributed by atoms with E-state index in [-0.39, 0.29) is 5.91 Å². The van der Waals surface area contributed by atoms with Crippen LogP contribution in [0, 0.1) is 0 Å². The molecule has 0 unspecified atom stereocenters. The molecule has 0 aromatic carbocycles. The molecule has 2 heterocycles. The first-order valence-corrected chi connectivity index (χ1v) is 9.32. The molecule has 1 saturated heterocycles. The van der Waals surface area contributed by atoms with Crippen LogP contribution < -0.4 is 5.32 Å². The number of nitrogens with one attached hydrogen (secondary N) is 1. The third-order valence-corrected chi connectivity index (χ3v) is 5.30. The zero-order valence-corrected chi connectivity index (χ0v) is 14.1. The number of hydrogen-bond donors (Lipinski definition) is 1. The second-order valence-corrected chi connectivity index (χ2v) is 7.07. The van der Waals surface area contributed by atoms with E-state index in [1.807, 2.05) is 23.1 Å². The summed E-state index contributed by atoms with van der Waals surface area (Å²) in [5.74, 6) is 0.238. The van der Waals surface area contributed by atoms with Gasteiger partial charge in [-0.2, -0.15) is 5.10 Å². The molecule has 128 valence electrons. The highest BCUT2D eigenvalue weighted by atomic mass is 16.1. The molecule has 1 aliphatic heterocycles. The minimum Gasteiger partial charge on any atom is -0.353 e. The van der Waals surface area contributed by atoms with Crippen LogP contribution in [0.5, 0.6) is 0 Å². The van der Waals surface area contributed by atoms with E-state index in [0.717, 1.165) is 32.5 Å². The highest BCUT2D eigenvalue weighted by molar-refractivity contribution is 5.76. The highest BCUT2D eigenvalue weighted by Crippen LogP contribution is 2.20. The van der Waals surface area contributed by atoms with Crippen molar-refractivity contribution in [1.82, 2.24) is 20.0 Å². The van der Waals surface area contributed by atoms with Gasteiger partial charge in [-0.15, -0.1) is 0 Å². The van der Waals surface area contributed by atoms with Gasteiger partial charge in [0, 0.05) is 37.4 Å². The van der Waals surface area contributed by atoms with Gasteiger partial charge in [0.05, 0.1) is 6.54 Å². The molecule has 0 bridgehead atoms. The maximum atomic E-state index is 12.2. The smallest absolute Gasteiger partial charge is 0.221 e. The van der Waals surface area contributed by atoms with Crippen molar-refractivity contribution in [2.75, 3.05) is 13.1 Å². The first-order chi connectivity index (χ1) is 11.3. The second kappa shape index (κ2) is 8.48. The first kappa shape index (κ1) is 16.5. The highest BCUT2D eigenvalue weighted by Gasteiger charge is 2.25. The van der Waals surface area contributed by atoms with E-state index in [2.05, 4.69) is 15.3 Å². The fraction of sp³-hybridized carbons (Fsp3) is 0.778. The largest absolute Gasteiger partial charge is 0.353 e. The van der Waals surface area contributed by atoms with Gasteiger partial charge >= 0.3 is 0 Å². The second-order valence-electron chi connectivity index (χ2n) is 7.07. The van der Waals surface area contributed by atoms with Crippen molar-refractivity contribution < 1.29 is 4.79 Å². The summed E-state index contributed by atoms with van der Waals surface area (Å²) in [4.78, 5) is 14.7. The van der Waals surface area contributed by atoms with Crippen molar-refractivity contribution in [2.24, 2.45) is 0 Å². The van der Waals surface area contributed by atoms with E-state index in [1.165, 1.54) is 38.5 Å². The van der Waals surface area contributed by atoms with Crippen LogP contribution in [0.3, 0.4) is 0 Å². The molecule has 1 N–H and O–H groups in total. The quantitative estimate of drug-likeness (QED) is 0.820. The van der Waals surface area contributed by atoms with E-state index in [1.54, 1.807) is 0 Å². The predicted octanol–water partition coefficient (Wildman–Crippen LogP) is 2.58. The molecule has 5 nitrogen and oxygen atoms in total. The Morgan fingerprint density at radius 3 is 2.70 bits per heavy atom.